The van der Waals surface area contributed by atoms with Crippen molar-refractivity contribution in [3.05, 3.63) is 133 Å². The maximum Gasteiger partial charge on any atom is 0.335 e. The highest BCUT2D eigenvalue weighted by atomic mass is 79.9. The quantitative estimate of drug-likeness (QED) is 0.0900. The van der Waals surface area contributed by atoms with Crippen LogP contribution in [0, 0.1) is 10.1 Å². The maximum absolute atomic E-state index is 13.5. The molecule has 12 heteroatoms. The van der Waals surface area contributed by atoms with E-state index < -0.39 is 22.8 Å². The number of imide groups is 2. The van der Waals surface area contributed by atoms with Gasteiger partial charge < -0.3 is 9.47 Å². The number of nitrogens with one attached hydrogen (secondary N) is 1. The number of carbonyl (C=O) groups excluding carboxylic acids is 3. The van der Waals surface area contributed by atoms with Gasteiger partial charge in [-0.25, -0.2) is 9.69 Å². The lowest BCUT2D eigenvalue weighted by molar-refractivity contribution is -0.384. The van der Waals surface area contributed by atoms with Crippen LogP contribution in [0.4, 0.5) is 16.2 Å². The molecule has 1 N–H and O–H groups in total. The predicted molar refractivity (Wildman–Crippen MR) is 163 cm³/mol. The smallest absolute Gasteiger partial charge is 0.335 e. The van der Waals surface area contributed by atoms with Gasteiger partial charge in [-0.2, -0.15) is 0 Å². The highest BCUT2D eigenvalue weighted by Crippen LogP contribution is 2.30. The second-order valence-electron chi connectivity index (χ2n) is 9.23. The van der Waals surface area contributed by atoms with E-state index in [1.165, 1.54) is 30.3 Å². The largest absolute Gasteiger partial charge is 0.489 e. The van der Waals surface area contributed by atoms with Crippen LogP contribution in [0.3, 0.4) is 0 Å². The van der Waals surface area contributed by atoms with Crippen LogP contribution in [0.5, 0.6) is 11.5 Å². The Bertz CT molecular complexity index is 1780. The monoisotopic (exact) mass is 661 g/mol. The fraction of sp³-hybridized carbons (Fsp3) is 0.0645. The number of rotatable bonds is 9. The molecule has 4 aromatic carbocycles. The summed E-state index contributed by atoms with van der Waals surface area (Å²) in [6.07, 6.45) is 1.33. The van der Waals surface area contributed by atoms with Crippen LogP contribution < -0.4 is 19.7 Å². The molecule has 5 rings (SSSR count). The number of nitrogens with zero attached hydrogens (tertiary/aromatic N) is 2. The Hall–Kier alpha value is -5.00. The van der Waals surface area contributed by atoms with Crippen LogP contribution in [0.1, 0.15) is 16.7 Å². The molecule has 1 saturated heterocycles. The number of barbiturate groups is 1. The van der Waals surface area contributed by atoms with E-state index in [1.54, 1.807) is 48.5 Å². The number of hydrogen-bond donors (Lipinski definition) is 1. The van der Waals surface area contributed by atoms with Crippen molar-refractivity contribution in [3.63, 3.8) is 0 Å². The maximum atomic E-state index is 13.5. The van der Waals surface area contributed by atoms with Gasteiger partial charge in [-0.05, 0) is 60.2 Å². The Morgan fingerprint density at radius 1 is 0.907 bits per heavy atom. The van der Waals surface area contributed by atoms with E-state index in [1.807, 2.05) is 18.2 Å². The van der Waals surface area contributed by atoms with E-state index in [0.29, 0.717) is 32.1 Å². The van der Waals surface area contributed by atoms with Crippen molar-refractivity contribution in [2.75, 3.05) is 4.90 Å². The minimum Gasteiger partial charge on any atom is -0.489 e. The van der Waals surface area contributed by atoms with Crippen molar-refractivity contribution in [1.82, 2.24) is 5.32 Å². The van der Waals surface area contributed by atoms with Gasteiger partial charge in [-0.15, -0.1) is 0 Å². The molecule has 0 saturated carbocycles. The SMILES string of the molecule is O=C1NC(=O)N(c2ccc(OCc3ccccc3Cl)cc2)C(=O)/C1=C/c1cc(Br)ccc1OCc1cccc([N+](=O)[O-])c1. The summed E-state index contributed by atoms with van der Waals surface area (Å²) in [5, 5.41) is 13.9. The summed E-state index contributed by atoms with van der Waals surface area (Å²) in [6.45, 7) is 0.219. The van der Waals surface area contributed by atoms with E-state index in [-0.39, 0.29) is 30.2 Å². The number of amides is 4. The Balaban J connectivity index is 1.36. The lowest BCUT2D eigenvalue weighted by atomic mass is 10.1. The van der Waals surface area contributed by atoms with Crippen LogP contribution in [0.2, 0.25) is 5.02 Å². The number of urea groups is 1. The second kappa shape index (κ2) is 12.9. The first-order valence-corrected chi connectivity index (χ1v) is 13.9. The van der Waals surface area contributed by atoms with Crippen LogP contribution in [-0.4, -0.2) is 22.8 Å². The fourth-order valence-electron chi connectivity index (χ4n) is 4.20. The molecule has 4 aromatic rings. The Morgan fingerprint density at radius 2 is 1.67 bits per heavy atom. The molecular weight excluding hydrogens is 642 g/mol. The standard InChI is InChI=1S/C31H21BrClN3O7/c32-22-8-13-28(43-17-19-4-3-6-24(14-19)36(40)41)21(15-22)16-26-29(37)34-31(39)35(30(26)38)23-9-11-25(12-10-23)42-18-20-5-1-2-7-27(20)33/h1-16H,17-18H2,(H,34,37,39)/b26-16+. The first-order chi connectivity index (χ1) is 20.7. The van der Waals surface area contributed by atoms with Gasteiger partial charge in [0, 0.05) is 32.8 Å². The Morgan fingerprint density at radius 3 is 2.42 bits per heavy atom. The average Bonchev–Trinajstić information content (AvgIpc) is 2.99. The van der Waals surface area contributed by atoms with Gasteiger partial charge in [0.15, 0.2) is 0 Å². The van der Waals surface area contributed by atoms with Gasteiger partial charge in [-0.1, -0.05) is 57.9 Å². The van der Waals surface area contributed by atoms with Gasteiger partial charge in [0.1, 0.15) is 30.3 Å². The topological polar surface area (TPSA) is 128 Å². The first-order valence-electron chi connectivity index (χ1n) is 12.7. The van der Waals surface area contributed by atoms with E-state index >= 15 is 0 Å². The summed E-state index contributed by atoms with van der Waals surface area (Å²) in [5.41, 5.74) is 1.58. The summed E-state index contributed by atoms with van der Waals surface area (Å²) in [6, 6.07) is 23.6. The van der Waals surface area contributed by atoms with Gasteiger partial charge in [0.25, 0.3) is 17.5 Å². The third-order valence-electron chi connectivity index (χ3n) is 6.34. The molecular formula is C31H21BrClN3O7. The second-order valence-corrected chi connectivity index (χ2v) is 10.6. The number of halogens is 2. The third-order valence-corrected chi connectivity index (χ3v) is 7.20. The number of hydrogen-bond acceptors (Lipinski definition) is 7. The summed E-state index contributed by atoms with van der Waals surface area (Å²) in [7, 11) is 0. The summed E-state index contributed by atoms with van der Waals surface area (Å²) < 4.78 is 12.3. The molecule has 1 aliphatic rings. The van der Waals surface area contributed by atoms with Gasteiger partial charge >= 0.3 is 6.03 Å². The summed E-state index contributed by atoms with van der Waals surface area (Å²) in [5.74, 6) is -0.898. The number of nitro groups is 1. The third kappa shape index (κ3) is 6.91. The van der Waals surface area contributed by atoms with Crippen molar-refractivity contribution in [3.8, 4) is 11.5 Å². The molecule has 1 fully saturated rings. The number of ether oxygens (including phenoxy) is 2. The van der Waals surface area contributed by atoms with E-state index in [4.69, 9.17) is 21.1 Å². The fourth-order valence-corrected chi connectivity index (χ4v) is 4.77. The molecule has 0 aromatic heterocycles. The predicted octanol–water partition coefficient (Wildman–Crippen LogP) is 6.84. The zero-order valence-corrected chi connectivity index (χ0v) is 24.5. The van der Waals surface area contributed by atoms with E-state index in [2.05, 4.69) is 21.2 Å². The van der Waals surface area contributed by atoms with Crippen LogP contribution in [-0.2, 0) is 22.8 Å². The number of carbonyl (C=O) groups is 3. The van der Waals surface area contributed by atoms with Gasteiger partial charge in [0.05, 0.1) is 10.6 Å². The summed E-state index contributed by atoms with van der Waals surface area (Å²) in [4.78, 5) is 50.4. The molecule has 0 spiro atoms. The van der Waals surface area contributed by atoms with Crippen molar-refractivity contribution in [2.24, 2.45) is 0 Å². The van der Waals surface area contributed by atoms with Crippen LogP contribution in [0.15, 0.2) is 101 Å². The molecule has 43 heavy (non-hydrogen) atoms. The Labute approximate surface area is 258 Å². The molecule has 10 nitrogen and oxygen atoms in total. The molecule has 1 aliphatic heterocycles. The molecule has 4 amide bonds. The van der Waals surface area contributed by atoms with Crippen LogP contribution in [0.25, 0.3) is 6.08 Å². The highest BCUT2D eigenvalue weighted by molar-refractivity contribution is 9.10. The lowest BCUT2D eigenvalue weighted by Gasteiger charge is -2.26. The van der Waals surface area contributed by atoms with E-state index in [0.717, 1.165) is 10.5 Å². The number of benzene rings is 4. The molecule has 0 unspecified atom stereocenters. The molecule has 0 bridgehead atoms. The zero-order valence-electron chi connectivity index (χ0n) is 22.2. The Kier molecular flexibility index (Phi) is 8.84. The molecule has 0 aliphatic carbocycles. The zero-order chi connectivity index (χ0) is 30.5. The lowest BCUT2D eigenvalue weighted by Crippen LogP contribution is -2.54. The number of non-ortho nitro benzene ring substituents is 1. The van der Waals surface area contributed by atoms with Crippen molar-refractivity contribution in [2.45, 2.75) is 13.2 Å². The number of anilines is 1. The molecule has 216 valence electrons. The van der Waals surface area contributed by atoms with Gasteiger partial charge in [0.2, 0.25) is 0 Å². The normalized spacial score (nSPS) is 14.0. The minimum atomic E-state index is -0.895. The minimum absolute atomic E-state index is 0.00482. The van der Waals surface area contributed by atoms with Crippen molar-refractivity contribution in [1.29, 1.82) is 0 Å². The molecule has 0 radical (unpaired) electrons. The van der Waals surface area contributed by atoms with E-state index in [9.17, 15) is 24.5 Å². The number of nitro benzene ring substituents is 1. The molecule has 1 heterocycles. The first kappa shape index (κ1) is 29.5. The van der Waals surface area contributed by atoms with Crippen molar-refractivity contribution < 1.29 is 28.8 Å². The average molecular weight is 663 g/mol. The van der Waals surface area contributed by atoms with Crippen LogP contribution >= 0.6 is 27.5 Å². The van der Waals surface area contributed by atoms with Gasteiger partial charge in [-0.3, -0.25) is 25.0 Å². The summed E-state index contributed by atoms with van der Waals surface area (Å²) >= 11 is 9.56. The van der Waals surface area contributed by atoms with Crippen molar-refractivity contribution >= 4 is 62.8 Å². The highest BCUT2D eigenvalue weighted by Gasteiger charge is 2.37. The molecule has 0 atom stereocenters.